The van der Waals surface area contributed by atoms with Crippen molar-refractivity contribution in [2.75, 3.05) is 19.6 Å². The van der Waals surface area contributed by atoms with E-state index in [4.69, 9.17) is 4.74 Å². The van der Waals surface area contributed by atoms with Crippen molar-refractivity contribution in [3.8, 4) is 0 Å². The van der Waals surface area contributed by atoms with E-state index in [1.54, 1.807) is 20.8 Å². The lowest BCUT2D eigenvalue weighted by Gasteiger charge is -2.37. The Bertz CT molecular complexity index is 615. The van der Waals surface area contributed by atoms with Crippen LogP contribution < -0.4 is 5.32 Å². The molecular formula is C15H20FN3O4. The second kappa shape index (κ2) is 6.49. The van der Waals surface area contributed by atoms with Crippen LogP contribution in [0.25, 0.3) is 0 Å². The molecule has 1 aliphatic rings. The smallest absolute Gasteiger partial charge is 0.410 e. The number of benzene rings is 1. The zero-order chi connectivity index (χ0) is 17.2. The number of carbonyl (C=O) groups excluding carboxylic acids is 1. The summed E-state index contributed by atoms with van der Waals surface area (Å²) in [6.45, 7) is 6.73. The summed E-state index contributed by atoms with van der Waals surface area (Å²) in [6, 6.07) is 3.23. The monoisotopic (exact) mass is 325 g/mol. The number of hydrogen-bond donors (Lipinski definition) is 1. The van der Waals surface area contributed by atoms with Crippen molar-refractivity contribution in [2.45, 2.75) is 32.4 Å². The Morgan fingerprint density at radius 1 is 1.48 bits per heavy atom. The molecule has 23 heavy (non-hydrogen) atoms. The predicted molar refractivity (Wildman–Crippen MR) is 81.6 cm³/mol. The summed E-state index contributed by atoms with van der Waals surface area (Å²) in [5.41, 5.74) is -0.741. The Hall–Kier alpha value is -2.22. The van der Waals surface area contributed by atoms with Gasteiger partial charge in [-0.25, -0.2) is 4.79 Å². The lowest BCUT2D eigenvalue weighted by atomic mass is 10.0. The maximum Gasteiger partial charge on any atom is 0.410 e. The highest BCUT2D eigenvalue weighted by atomic mass is 19.1. The third-order valence-corrected chi connectivity index (χ3v) is 3.42. The molecule has 0 aromatic heterocycles. The average molecular weight is 325 g/mol. The van der Waals surface area contributed by atoms with Gasteiger partial charge in [-0.05, 0) is 32.4 Å². The number of piperazine rings is 1. The van der Waals surface area contributed by atoms with Crippen molar-refractivity contribution < 1.29 is 18.8 Å². The molecule has 1 amide bonds. The van der Waals surface area contributed by atoms with Crippen LogP contribution in [0.4, 0.5) is 14.9 Å². The summed E-state index contributed by atoms with van der Waals surface area (Å²) < 4.78 is 18.9. The van der Waals surface area contributed by atoms with Crippen LogP contribution in [-0.2, 0) is 4.74 Å². The van der Waals surface area contributed by atoms with Crippen LogP contribution in [-0.4, -0.2) is 41.2 Å². The minimum Gasteiger partial charge on any atom is -0.444 e. The zero-order valence-electron chi connectivity index (χ0n) is 13.3. The second-order valence-corrected chi connectivity index (χ2v) is 6.36. The topological polar surface area (TPSA) is 84.7 Å². The van der Waals surface area contributed by atoms with Gasteiger partial charge in [0, 0.05) is 25.7 Å². The van der Waals surface area contributed by atoms with E-state index in [1.807, 2.05) is 0 Å². The number of ether oxygens (including phenoxy) is 1. The summed E-state index contributed by atoms with van der Waals surface area (Å²) in [7, 11) is 0. The quantitative estimate of drug-likeness (QED) is 0.667. The molecule has 1 atom stereocenters. The van der Waals surface area contributed by atoms with E-state index in [2.05, 4.69) is 5.32 Å². The van der Waals surface area contributed by atoms with Crippen LogP contribution in [0.2, 0.25) is 0 Å². The number of rotatable bonds is 2. The van der Waals surface area contributed by atoms with E-state index in [1.165, 1.54) is 17.0 Å². The first kappa shape index (κ1) is 17.1. The molecule has 1 heterocycles. The lowest BCUT2D eigenvalue weighted by molar-refractivity contribution is -0.387. The Labute approximate surface area is 133 Å². The van der Waals surface area contributed by atoms with Crippen molar-refractivity contribution in [3.05, 3.63) is 39.7 Å². The maximum atomic E-state index is 13.5. The van der Waals surface area contributed by atoms with Crippen LogP contribution in [0.5, 0.6) is 0 Å². The first-order valence-corrected chi connectivity index (χ1v) is 7.33. The third-order valence-electron chi connectivity index (χ3n) is 3.42. The number of hydrogen-bond acceptors (Lipinski definition) is 5. The van der Waals surface area contributed by atoms with Gasteiger partial charge in [0.15, 0.2) is 0 Å². The van der Waals surface area contributed by atoms with Crippen molar-refractivity contribution in [1.29, 1.82) is 0 Å². The highest BCUT2D eigenvalue weighted by molar-refractivity contribution is 5.69. The first-order valence-electron chi connectivity index (χ1n) is 7.33. The summed E-state index contributed by atoms with van der Waals surface area (Å²) >= 11 is 0. The molecule has 1 fully saturated rings. The molecule has 126 valence electrons. The number of halogens is 1. The third kappa shape index (κ3) is 4.16. The Morgan fingerprint density at radius 2 is 2.17 bits per heavy atom. The Balaban J connectivity index is 2.30. The summed E-state index contributed by atoms with van der Waals surface area (Å²) in [5, 5.41) is 14.0. The minimum absolute atomic E-state index is 0.407. The number of nitrogens with one attached hydrogen (secondary N) is 1. The average Bonchev–Trinajstić information content (AvgIpc) is 2.45. The molecule has 7 nitrogen and oxygen atoms in total. The van der Waals surface area contributed by atoms with Gasteiger partial charge in [0.1, 0.15) is 5.60 Å². The van der Waals surface area contributed by atoms with Gasteiger partial charge in [-0.15, -0.1) is 0 Å². The normalized spacial score (nSPS) is 18.6. The highest BCUT2D eigenvalue weighted by Crippen LogP contribution is 2.28. The summed E-state index contributed by atoms with van der Waals surface area (Å²) in [5.74, 6) is -0.897. The molecule has 1 aromatic carbocycles. The highest BCUT2D eigenvalue weighted by Gasteiger charge is 2.32. The van der Waals surface area contributed by atoms with Crippen LogP contribution >= 0.6 is 0 Å². The number of nitrogens with zero attached hydrogens (tertiary/aromatic N) is 2. The van der Waals surface area contributed by atoms with Gasteiger partial charge in [-0.1, -0.05) is 6.07 Å². The van der Waals surface area contributed by atoms with E-state index < -0.39 is 34.2 Å². The van der Waals surface area contributed by atoms with Gasteiger partial charge in [-0.2, -0.15) is 4.39 Å². The fraction of sp³-hybridized carbons (Fsp3) is 0.533. The largest absolute Gasteiger partial charge is 0.444 e. The van der Waals surface area contributed by atoms with E-state index in [9.17, 15) is 19.3 Å². The summed E-state index contributed by atoms with van der Waals surface area (Å²) in [4.78, 5) is 24.0. The number of nitro groups is 1. The molecule has 1 N–H and O–H groups in total. The van der Waals surface area contributed by atoms with Gasteiger partial charge in [0.2, 0.25) is 5.82 Å². The maximum absolute atomic E-state index is 13.5. The SMILES string of the molecule is CC(C)(C)OC(=O)N1CCNCC1c1ccc(F)c([N+](=O)[O-])c1. The van der Waals surface area contributed by atoms with E-state index in [-0.39, 0.29) is 0 Å². The van der Waals surface area contributed by atoms with Crippen molar-refractivity contribution in [2.24, 2.45) is 0 Å². The molecule has 1 aliphatic heterocycles. The van der Waals surface area contributed by atoms with Crippen LogP contribution in [0.1, 0.15) is 32.4 Å². The van der Waals surface area contributed by atoms with Crippen molar-refractivity contribution in [1.82, 2.24) is 10.2 Å². The van der Waals surface area contributed by atoms with Gasteiger partial charge >= 0.3 is 11.8 Å². The molecule has 2 rings (SSSR count). The molecule has 8 heteroatoms. The van der Waals surface area contributed by atoms with Gasteiger partial charge in [0.05, 0.1) is 11.0 Å². The first-order chi connectivity index (χ1) is 10.7. The van der Waals surface area contributed by atoms with Gasteiger partial charge in [-0.3, -0.25) is 15.0 Å². The van der Waals surface area contributed by atoms with Crippen molar-refractivity contribution in [3.63, 3.8) is 0 Å². The minimum atomic E-state index is -0.897. The van der Waals surface area contributed by atoms with Crippen LogP contribution in [0.3, 0.4) is 0 Å². The molecule has 0 aliphatic carbocycles. The zero-order valence-corrected chi connectivity index (χ0v) is 13.3. The lowest BCUT2D eigenvalue weighted by Crippen LogP contribution is -2.50. The standard InChI is InChI=1S/C15H20FN3O4/c1-15(2,3)23-14(20)18-7-6-17-9-13(18)10-4-5-11(16)12(8-10)19(21)22/h4-5,8,13,17H,6-7,9H2,1-3H3. The molecule has 0 saturated carbocycles. The van der Waals surface area contributed by atoms with E-state index in [0.717, 1.165) is 6.07 Å². The molecule has 1 aromatic rings. The second-order valence-electron chi connectivity index (χ2n) is 6.36. The Kier molecular flexibility index (Phi) is 4.84. The van der Waals surface area contributed by atoms with Crippen LogP contribution in [0.15, 0.2) is 18.2 Å². The molecule has 1 saturated heterocycles. The van der Waals surface area contributed by atoms with Crippen LogP contribution in [0, 0.1) is 15.9 Å². The fourth-order valence-corrected chi connectivity index (χ4v) is 2.42. The van der Waals surface area contributed by atoms with Crippen molar-refractivity contribution >= 4 is 11.8 Å². The predicted octanol–water partition coefficient (Wildman–Crippen LogP) is 2.62. The molecule has 0 spiro atoms. The van der Waals surface area contributed by atoms with Gasteiger partial charge < -0.3 is 10.1 Å². The molecule has 0 bridgehead atoms. The summed E-state index contributed by atoms with van der Waals surface area (Å²) in [6.07, 6.45) is -0.490. The van der Waals surface area contributed by atoms with Gasteiger partial charge in [0.25, 0.3) is 0 Å². The number of carbonyl (C=O) groups is 1. The number of amides is 1. The molecule has 0 radical (unpaired) electrons. The molecular weight excluding hydrogens is 305 g/mol. The Morgan fingerprint density at radius 3 is 2.78 bits per heavy atom. The molecule has 1 unspecified atom stereocenters. The van der Waals surface area contributed by atoms with E-state index in [0.29, 0.717) is 25.2 Å². The fourth-order valence-electron chi connectivity index (χ4n) is 2.42. The van der Waals surface area contributed by atoms with E-state index >= 15 is 0 Å². The number of nitro benzene ring substituents is 1.